The summed E-state index contributed by atoms with van der Waals surface area (Å²) >= 11 is 0. The van der Waals surface area contributed by atoms with E-state index < -0.39 is 23.3 Å². The van der Waals surface area contributed by atoms with Crippen LogP contribution in [-0.4, -0.2) is 70.8 Å². The molecule has 0 radical (unpaired) electrons. The number of hydrogen-bond donors (Lipinski definition) is 2. The Morgan fingerprint density at radius 1 is 0.859 bits per heavy atom. The van der Waals surface area contributed by atoms with Gasteiger partial charge in [0.15, 0.2) is 11.5 Å². The molecular weight excluding hydrogens is 895 g/mol. The lowest BCUT2D eigenvalue weighted by Crippen LogP contribution is -2.70. The summed E-state index contributed by atoms with van der Waals surface area (Å²) in [6.07, 6.45) is 8.70. The summed E-state index contributed by atoms with van der Waals surface area (Å²) < 4.78 is 33.0. The molecule has 12 heteroatoms. The lowest BCUT2D eigenvalue weighted by Gasteiger charge is -2.60. The van der Waals surface area contributed by atoms with Crippen molar-refractivity contribution in [3.05, 3.63) is 162 Å². The monoisotopic (exact) mass is 957 g/mol. The number of oxime groups is 1. The maximum atomic E-state index is 15.6. The normalized spacial score (nSPS) is 22.3. The maximum Gasteiger partial charge on any atom is 0.254 e. The molecule has 0 spiro atoms. The molecule has 6 atom stereocenters. The maximum absolute atomic E-state index is 15.6. The third-order valence-electron chi connectivity index (χ3n) is 14.0. The molecule has 71 heavy (non-hydrogen) atoms. The smallest absolute Gasteiger partial charge is 0.254 e. The van der Waals surface area contributed by atoms with Crippen LogP contribution in [0.3, 0.4) is 0 Å². The van der Waals surface area contributed by atoms with E-state index in [-0.39, 0.29) is 63.2 Å². The zero-order valence-electron chi connectivity index (χ0n) is 40.8. The Labute approximate surface area is 416 Å². The number of nitriles is 1. The number of nitrogens with zero attached hydrogens (tertiary/aromatic N) is 3. The number of allylic oxidation sites excluding steroid dienone is 1. The molecular formula is C59H63N3O9. The Morgan fingerprint density at radius 3 is 2.28 bits per heavy atom. The van der Waals surface area contributed by atoms with Crippen LogP contribution in [0, 0.1) is 29.1 Å². The Balaban J connectivity index is 1.24. The molecule has 9 rings (SSSR count). The van der Waals surface area contributed by atoms with Crippen molar-refractivity contribution in [2.45, 2.75) is 95.6 Å². The van der Waals surface area contributed by atoms with Crippen LogP contribution in [0.2, 0.25) is 0 Å². The number of amides is 1. The van der Waals surface area contributed by atoms with Gasteiger partial charge in [-0.2, -0.15) is 5.26 Å². The highest BCUT2D eigenvalue weighted by Crippen LogP contribution is 2.62. The molecule has 1 saturated carbocycles. The molecule has 4 aliphatic rings. The van der Waals surface area contributed by atoms with Gasteiger partial charge in [0, 0.05) is 43.2 Å². The van der Waals surface area contributed by atoms with E-state index in [1.807, 2.05) is 86.3 Å². The summed E-state index contributed by atoms with van der Waals surface area (Å²) in [5, 5.41) is 34.9. The predicted molar refractivity (Wildman–Crippen MR) is 271 cm³/mol. The van der Waals surface area contributed by atoms with Gasteiger partial charge in [0.05, 0.1) is 29.9 Å². The molecule has 2 aliphatic heterocycles. The van der Waals surface area contributed by atoms with Crippen LogP contribution >= 0.6 is 0 Å². The summed E-state index contributed by atoms with van der Waals surface area (Å²) in [6.45, 7) is 10.5. The summed E-state index contributed by atoms with van der Waals surface area (Å²) in [5.41, 5.74) is 5.70. The molecule has 12 nitrogen and oxygen atoms in total. The SMILES string of the molecule is C=CCOC12Oc3ccc(Oc4ccc(-c5ccccc5)cc4)cc3C3C(CCCCO)C(CCCCO)C=C(C(=NOC(C)(C)C)CC1N(Cc1ccc4c(c1)OCO4)C(=O)c1ccc(C#N)cc1)C32. The number of rotatable bonds is 19. The van der Waals surface area contributed by atoms with Gasteiger partial charge in [0.2, 0.25) is 12.6 Å². The van der Waals surface area contributed by atoms with E-state index in [4.69, 9.17) is 33.7 Å². The number of benzene rings is 5. The molecule has 2 aliphatic carbocycles. The zero-order chi connectivity index (χ0) is 49.5. The highest BCUT2D eigenvalue weighted by Gasteiger charge is 2.65. The first-order valence-electron chi connectivity index (χ1n) is 24.8. The van der Waals surface area contributed by atoms with Crippen molar-refractivity contribution in [3.63, 3.8) is 0 Å². The lowest BCUT2D eigenvalue weighted by atomic mass is 9.55. The van der Waals surface area contributed by atoms with Crippen molar-refractivity contribution in [1.29, 1.82) is 5.26 Å². The third-order valence-corrected chi connectivity index (χ3v) is 14.0. The molecule has 1 amide bonds. The second-order valence-corrected chi connectivity index (χ2v) is 19.8. The predicted octanol–water partition coefficient (Wildman–Crippen LogP) is 11.5. The van der Waals surface area contributed by atoms with E-state index in [2.05, 4.69) is 49.1 Å². The summed E-state index contributed by atoms with van der Waals surface area (Å²) in [6, 6.07) is 38.0. The Bertz CT molecular complexity index is 2780. The highest BCUT2D eigenvalue weighted by atomic mass is 16.7. The number of aliphatic hydroxyl groups is 2. The molecule has 2 N–H and O–H groups in total. The number of carbonyl (C=O) groups excluding carboxylic acids is 1. The first kappa shape index (κ1) is 49.1. The molecule has 5 aromatic carbocycles. The van der Waals surface area contributed by atoms with Crippen molar-refractivity contribution in [2.75, 3.05) is 26.6 Å². The largest absolute Gasteiger partial charge is 0.459 e. The number of hydrogen-bond acceptors (Lipinski definition) is 11. The summed E-state index contributed by atoms with van der Waals surface area (Å²) in [4.78, 5) is 23.7. The first-order valence-corrected chi connectivity index (χ1v) is 24.8. The molecule has 2 heterocycles. The van der Waals surface area contributed by atoms with Crippen molar-refractivity contribution < 1.29 is 43.5 Å². The van der Waals surface area contributed by atoms with Crippen LogP contribution in [-0.2, 0) is 16.1 Å². The fourth-order valence-electron chi connectivity index (χ4n) is 10.8. The van der Waals surface area contributed by atoms with Gasteiger partial charge in [-0.05, 0) is 147 Å². The van der Waals surface area contributed by atoms with Gasteiger partial charge in [-0.1, -0.05) is 78.7 Å². The van der Waals surface area contributed by atoms with Crippen LogP contribution in [0.4, 0.5) is 0 Å². The second kappa shape index (κ2) is 21.6. The minimum Gasteiger partial charge on any atom is -0.459 e. The lowest BCUT2D eigenvalue weighted by molar-refractivity contribution is -0.255. The summed E-state index contributed by atoms with van der Waals surface area (Å²) in [7, 11) is 0. The molecule has 5 aromatic rings. The van der Waals surface area contributed by atoms with Crippen molar-refractivity contribution in [2.24, 2.45) is 22.9 Å². The molecule has 0 bridgehead atoms. The van der Waals surface area contributed by atoms with Gasteiger partial charge < -0.3 is 43.6 Å². The summed E-state index contributed by atoms with van der Waals surface area (Å²) in [5.74, 6) is 0.542. The van der Waals surface area contributed by atoms with Gasteiger partial charge in [-0.15, -0.1) is 6.58 Å². The van der Waals surface area contributed by atoms with E-state index in [0.29, 0.717) is 58.4 Å². The topological polar surface area (TPSA) is 152 Å². The van der Waals surface area contributed by atoms with Crippen LogP contribution < -0.4 is 18.9 Å². The molecule has 0 aromatic heterocycles. The van der Waals surface area contributed by atoms with Crippen molar-refractivity contribution >= 4 is 11.6 Å². The Morgan fingerprint density at radius 2 is 1.56 bits per heavy atom. The van der Waals surface area contributed by atoms with Crippen molar-refractivity contribution in [1.82, 2.24) is 4.90 Å². The van der Waals surface area contributed by atoms with Crippen LogP contribution in [0.1, 0.15) is 98.7 Å². The minimum atomic E-state index is -1.52. The number of aliphatic hydroxyl groups excluding tert-OH is 2. The fourth-order valence-corrected chi connectivity index (χ4v) is 10.8. The molecule has 0 saturated heterocycles. The minimum absolute atomic E-state index is 0.00354. The van der Waals surface area contributed by atoms with E-state index in [0.717, 1.165) is 53.5 Å². The molecule has 1 fully saturated rings. The number of unbranched alkanes of at least 4 members (excludes halogenated alkanes) is 2. The van der Waals surface area contributed by atoms with E-state index >= 15 is 4.79 Å². The molecule has 368 valence electrons. The average molecular weight is 958 g/mol. The van der Waals surface area contributed by atoms with Gasteiger partial charge in [-0.3, -0.25) is 4.79 Å². The van der Waals surface area contributed by atoms with E-state index in [1.54, 1.807) is 30.3 Å². The van der Waals surface area contributed by atoms with Crippen molar-refractivity contribution in [3.8, 4) is 45.9 Å². The van der Waals surface area contributed by atoms with Crippen LogP contribution in [0.15, 0.2) is 145 Å². The quantitative estimate of drug-likeness (QED) is 0.0465. The molecule has 6 unspecified atom stereocenters. The Kier molecular flexibility index (Phi) is 14.9. The highest BCUT2D eigenvalue weighted by molar-refractivity contribution is 6.03. The third kappa shape index (κ3) is 10.6. The van der Waals surface area contributed by atoms with Gasteiger partial charge in [-0.25, -0.2) is 0 Å². The van der Waals surface area contributed by atoms with E-state index in [9.17, 15) is 15.5 Å². The fraction of sp³-hybridized carbons (Fsp3) is 0.373. The second-order valence-electron chi connectivity index (χ2n) is 19.8. The van der Waals surface area contributed by atoms with Crippen LogP contribution in [0.25, 0.3) is 11.1 Å². The average Bonchev–Trinajstić information content (AvgIpc) is 3.86. The van der Waals surface area contributed by atoms with Gasteiger partial charge in [0.1, 0.15) is 28.9 Å². The van der Waals surface area contributed by atoms with Gasteiger partial charge >= 0.3 is 0 Å². The van der Waals surface area contributed by atoms with E-state index in [1.165, 1.54) is 0 Å². The number of ether oxygens (including phenoxy) is 5. The first-order chi connectivity index (χ1) is 34.5. The van der Waals surface area contributed by atoms with Gasteiger partial charge in [0.25, 0.3) is 5.91 Å². The Hall–Kier alpha value is -6.91. The van der Waals surface area contributed by atoms with Crippen LogP contribution in [0.5, 0.6) is 28.7 Å². The standard InChI is InChI=1S/C59H63N3O9/c1-5-31-68-59-54(62(57(65)43-20-17-39(36-60)18-21-43)37-40-19-27-52-53(32-40)67-38-66-52)35-50(61-71-58(2,3)4)48-33-44(15-9-11-29-63)47(16-10-12-30-64)55(56(48)59)49-34-46(26-28-51(49)70-59)69-45-24-22-42(23-25-45)41-13-7-6-8-14-41/h5-8,13-14,17-28,32-34,44,47,54-56,63-64H,1,9-12,15-16,29-31,35,37-38H2,2-4H3. The number of carbonyl (C=O) groups is 1. The number of fused-ring (bicyclic) bond motifs is 3. The zero-order valence-corrected chi connectivity index (χ0v) is 40.8.